The fourth-order valence-electron chi connectivity index (χ4n) is 2.76. The molecule has 104 valence electrons. The number of likely N-dealkylation sites (tertiary alicyclic amines) is 1. The van der Waals surface area contributed by atoms with E-state index in [1.165, 1.54) is 12.8 Å². The number of hydrogen-bond acceptors (Lipinski definition) is 4. The zero-order chi connectivity index (χ0) is 13.2. The van der Waals surface area contributed by atoms with E-state index in [9.17, 15) is 4.79 Å². The molecule has 0 aromatic carbocycles. The van der Waals surface area contributed by atoms with E-state index < -0.39 is 0 Å². The average Bonchev–Trinajstić information content (AvgIpc) is 3.14. The summed E-state index contributed by atoms with van der Waals surface area (Å²) >= 11 is 0. The fraction of sp³-hybridized carbons (Fsp3) is 0.769. The predicted molar refractivity (Wildman–Crippen MR) is 70.5 cm³/mol. The molecule has 0 N–H and O–H groups in total. The number of carbonyl (C=O) groups is 1. The van der Waals surface area contributed by atoms with E-state index in [-0.39, 0.29) is 11.9 Å². The molecule has 2 heterocycles. The molecule has 2 fully saturated rings. The van der Waals surface area contributed by atoms with Crippen LogP contribution in [-0.2, 0) is 4.79 Å². The lowest BCUT2D eigenvalue weighted by molar-refractivity contribution is -0.134. The molecule has 0 bridgehead atoms. The third kappa shape index (κ3) is 2.94. The van der Waals surface area contributed by atoms with Crippen LogP contribution in [0.4, 0.5) is 0 Å². The van der Waals surface area contributed by atoms with Gasteiger partial charge in [-0.15, -0.1) is 0 Å². The molecule has 1 aromatic rings. The molecule has 1 aliphatic carbocycles. The number of amides is 1. The average molecular weight is 263 g/mol. The Kier molecular flexibility index (Phi) is 3.50. The molecule has 1 aromatic heterocycles. The van der Waals surface area contributed by atoms with Gasteiger partial charge in [-0.25, -0.2) is 9.67 Å². The van der Waals surface area contributed by atoms with Gasteiger partial charge in [-0.2, -0.15) is 5.10 Å². The van der Waals surface area contributed by atoms with Gasteiger partial charge < -0.3 is 4.90 Å². The summed E-state index contributed by atoms with van der Waals surface area (Å²) in [5, 5.41) is 4.19. The van der Waals surface area contributed by atoms with Gasteiger partial charge in [0.15, 0.2) is 0 Å². The van der Waals surface area contributed by atoms with Gasteiger partial charge in [0.1, 0.15) is 12.7 Å². The van der Waals surface area contributed by atoms with Crippen molar-refractivity contribution in [3.05, 3.63) is 12.7 Å². The Morgan fingerprint density at radius 3 is 2.95 bits per heavy atom. The second kappa shape index (κ2) is 5.28. The standard InChI is InChI=1S/C13H21N5O/c1-16(11-4-5-11)8-13(19)17-6-2-3-12(7-17)18-10-14-9-15-18/h9-12H,2-8H2,1H3. The topological polar surface area (TPSA) is 54.3 Å². The Bertz CT molecular complexity index is 428. The molecule has 3 rings (SSSR count). The number of hydrogen-bond donors (Lipinski definition) is 0. The number of piperidine rings is 1. The third-order valence-corrected chi connectivity index (χ3v) is 4.11. The normalized spacial score (nSPS) is 23.9. The maximum Gasteiger partial charge on any atom is 0.236 e. The first kappa shape index (κ1) is 12.6. The zero-order valence-corrected chi connectivity index (χ0v) is 11.4. The summed E-state index contributed by atoms with van der Waals surface area (Å²) in [6.45, 7) is 2.19. The Labute approximate surface area is 113 Å². The van der Waals surface area contributed by atoms with Crippen molar-refractivity contribution in [2.75, 3.05) is 26.7 Å². The summed E-state index contributed by atoms with van der Waals surface area (Å²) in [7, 11) is 2.05. The van der Waals surface area contributed by atoms with Crippen LogP contribution in [-0.4, -0.2) is 63.2 Å². The van der Waals surface area contributed by atoms with Crippen LogP contribution in [0.5, 0.6) is 0 Å². The van der Waals surface area contributed by atoms with Crippen molar-refractivity contribution < 1.29 is 4.79 Å². The molecule has 6 nitrogen and oxygen atoms in total. The lowest BCUT2D eigenvalue weighted by atomic mass is 10.1. The predicted octanol–water partition coefficient (Wildman–Crippen LogP) is 0.536. The zero-order valence-electron chi connectivity index (χ0n) is 11.4. The van der Waals surface area contributed by atoms with Gasteiger partial charge >= 0.3 is 0 Å². The van der Waals surface area contributed by atoms with Gasteiger partial charge in [0.25, 0.3) is 0 Å². The Balaban J connectivity index is 1.56. The number of nitrogens with zero attached hydrogens (tertiary/aromatic N) is 5. The first-order valence-electron chi connectivity index (χ1n) is 7.06. The maximum absolute atomic E-state index is 12.3. The highest BCUT2D eigenvalue weighted by Gasteiger charge is 2.30. The summed E-state index contributed by atoms with van der Waals surface area (Å²) in [6, 6.07) is 0.922. The van der Waals surface area contributed by atoms with Crippen LogP contribution in [0, 0.1) is 0 Å². The van der Waals surface area contributed by atoms with Crippen molar-refractivity contribution >= 4 is 5.91 Å². The fourth-order valence-corrected chi connectivity index (χ4v) is 2.76. The molecule has 1 saturated carbocycles. The van der Waals surface area contributed by atoms with Gasteiger partial charge in [-0.1, -0.05) is 0 Å². The van der Waals surface area contributed by atoms with Gasteiger partial charge in [-0.05, 0) is 32.7 Å². The number of likely N-dealkylation sites (N-methyl/N-ethyl adjacent to an activating group) is 1. The van der Waals surface area contributed by atoms with Crippen molar-refractivity contribution in [1.29, 1.82) is 0 Å². The summed E-state index contributed by atoms with van der Waals surface area (Å²) in [6.07, 6.45) is 7.91. The Morgan fingerprint density at radius 2 is 2.26 bits per heavy atom. The maximum atomic E-state index is 12.3. The van der Waals surface area contributed by atoms with E-state index >= 15 is 0 Å². The van der Waals surface area contributed by atoms with E-state index in [4.69, 9.17) is 0 Å². The lowest BCUT2D eigenvalue weighted by Gasteiger charge is -2.33. The van der Waals surface area contributed by atoms with Crippen molar-refractivity contribution in [3.8, 4) is 0 Å². The molecule has 1 amide bonds. The molecule has 1 aliphatic heterocycles. The summed E-state index contributed by atoms with van der Waals surface area (Å²) in [5.74, 6) is 0.249. The highest BCUT2D eigenvalue weighted by Crippen LogP contribution is 2.26. The molecule has 1 saturated heterocycles. The van der Waals surface area contributed by atoms with Gasteiger partial charge in [0.05, 0.1) is 12.6 Å². The second-order valence-electron chi connectivity index (χ2n) is 5.66. The third-order valence-electron chi connectivity index (χ3n) is 4.11. The van der Waals surface area contributed by atoms with Crippen LogP contribution in [0.1, 0.15) is 31.7 Å². The summed E-state index contributed by atoms with van der Waals surface area (Å²) in [5.41, 5.74) is 0. The quantitative estimate of drug-likeness (QED) is 0.795. The van der Waals surface area contributed by atoms with E-state index in [0.717, 1.165) is 25.9 Å². The van der Waals surface area contributed by atoms with Crippen molar-refractivity contribution in [1.82, 2.24) is 24.6 Å². The van der Waals surface area contributed by atoms with Crippen molar-refractivity contribution in [3.63, 3.8) is 0 Å². The SMILES string of the molecule is CN(CC(=O)N1CCCC(n2cncn2)C1)C1CC1. The van der Waals surface area contributed by atoms with E-state index in [1.54, 1.807) is 12.7 Å². The molecule has 6 heteroatoms. The Hall–Kier alpha value is -1.43. The van der Waals surface area contributed by atoms with Crippen LogP contribution in [0.15, 0.2) is 12.7 Å². The molecule has 19 heavy (non-hydrogen) atoms. The highest BCUT2D eigenvalue weighted by molar-refractivity contribution is 5.78. The summed E-state index contributed by atoms with van der Waals surface area (Å²) < 4.78 is 1.88. The smallest absolute Gasteiger partial charge is 0.236 e. The van der Waals surface area contributed by atoms with Crippen LogP contribution in [0.25, 0.3) is 0 Å². The van der Waals surface area contributed by atoms with Gasteiger partial charge in [0.2, 0.25) is 5.91 Å². The minimum atomic E-state index is 0.249. The molecular weight excluding hydrogens is 242 g/mol. The van der Waals surface area contributed by atoms with Gasteiger partial charge in [0, 0.05) is 19.1 Å². The first-order chi connectivity index (χ1) is 9.24. The number of carbonyl (C=O) groups excluding carboxylic acids is 1. The van der Waals surface area contributed by atoms with E-state index in [1.807, 2.05) is 9.58 Å². The minimum Gasteiger partial charge on any atom is -0.339 e. The van der Waals surface area contributed by atoms with Crippen LogP contribution < -0.4 is 0 Å². The van der Waals surface area contributed by atoms with Gasteiger partial charge in [-0.3, -0.25) is 9.69 Å². The first-order valence-corrected chi connectivity index (χ1v) is 7.06. The lowest BCUT2D eigenvalue weighted by Crippen LogP contribution is -2.45. The second-order valence-corrected chi connectivity index (χ2v) is 5.66. The minimum absolute atomic E-state index is 0.249. The van der Waals surface area contributed by atoms with Crippen LogP contribution in [0.2, 0.25) is 0 Å². The summed E-state index contributed by atoms with van der Waals surface area (Å²) in [4.78, 5) is 20.4. The van der Waals surface area contributed by atoms with E-state index in [2.05, 4.69) is 22.0 Å². The number of rotatable bonds is 4. The molecule has 0 radical (unpaired) electrons. The largest absolute Gasteiger partial charge is 0.339 e. The highest BCUT2D eigenvalue weighted by atomic mass is 16.2. The molecule has 1 unspecified atom stereocenters. The molecule has 0 spiro atoms. The monoisotopic (exact) mass is 263 g/mol. The van der Waals surface area contributed by atoms with Crippen LogP contribution >= 0.6 is 0 Å². The molecular formula is C13H21N5O. The number of aromatic nitrogens is 3. The molecule has 1 atom stereocenters. The van der Waals surface area contributed by atoms with E-state index in [0.29, 0.717) is 12.6 Å². The van der Waals surface area contributed by atoms with Crippen molar-refractivity contribution in [2.45, 2.75) is 37.8 Å². The molecule has 2 aliphatic rings. The Morgan fingerprint density at radius 1 is 1.42 bits per heavy atom. The van der Waals surface area contributed by atoms with Crippen LogP contribution in [0.3, 0.4) is 0 Å². The van der Waals surface area contributed by atoms with Crippen molar-refractivity contribution in [2.24, 2.45) is 0 Å².